The van der Waals surface area contributed by atoms with E-state index < -0.39 is 15.5 Å². The van der Waals surface area contributed by atoms with E-state index in [4.69, 9.17) is 0 Å². The lowest BCUT2D eigenvalue weighted by molar-refractivity contribution is -0.393. The van der Waals surface area contributed by atoms with E-state index >= 15 is 0 Å². The first-order valence-electron chi connectivity index (χ1n) is 7.42. The summed E-state index contributed by atoms with van der Waals surface area (Å²) in [5.41, 5.74) is 1.28. The van der Waals surface area contributed by atoms with Gasteiger partial charge in [0, 0.05) is 23.9 Å². The Morgan fingerprint density at radius 2 is 1.76 bits per heavy atom. The zero-order valence-electron chi connectivity index (χ0n) is 13.6. The standard InChI is InChI=1S/C16H16N4O5/c1-3-16(21)18-14-8-11(5-4-10(14)2)17-13-7-6-12(19(22)23)9-15(13)20(24)25/h4-9,17H,3H2,1-2H3,(H,18,21). The summed E-state index contributed by atoms with van der Waals surface area (Å²) in [4.78, 5) is 32.1. The normalized spacial score (nSPS) is 10.2. The van der Waals surface area contributed by atoms with Gasteiger partial charge in [-0.3, -0.25) is 25.0 Å². The lowest BCUT2D eigenvalue weighted by atomic mass is 10.1. The summed E-state index contributed by atoms with van der Waals surface area (Å²) in [6.45, 7) is 3.55. The van der Waals surface area contributed by atoms with Crippen molar-refractivity contribution in [1.29, 1.82) is 0 Å². The van der Waals surface area contributed by atoms with Crippen LogP contribution in [0.5, 0.6) is 0 Å². The molecule has 0 bridgehead atoms. The molecule has 0 unspecified atom stereocenters. The molecule has 0 fully saturated rings. The average Bonchev–Trinajstić information content (AvgIpc) is 2.57. The van der Waals surface area contributed by atoms with Crippen LogP contribution in [-0.2, 0) is 4.79 Å². The Labute approximate surface area is 143 Å². The number of rotatable bonds is 6. The molecule has 0 saturated heterocycles. The van der Waals surface area contributed by atoms with Crippen molar-refractivity contribution in [3.05, 3.63) is 62.2 Å². The fraction of sp³-hybridized carbons (Fsp3) is 0.188. The smallest absolute Gasteiger partial charge is 0.299 e. The number of aryl methyl sites for hydroxylation is 1. The van der Waals surface area contributed by atoms with Crippen LogP contribution in [0.25, 0.3) is 0 Å². The van der Waals surface area contributed by atoms with E-state index in [0.29, 0.717) is 17.8 Å². The Morgan fingerprint density at radius 1 is 1.04 bits per heavy atom. The molecule has 0 aliphatic rings. The highest BCUT2D eigenvalue weighted by molar-refractivity contribution is 5.92. The molecule has 2 aromatic carbocycles. The number of carbonyl (C=O) groups is 1. The maximum atomic E-state index is 11.6. The van der Waals surface area contributed by atoms with Gasteiger partial charge < -0.3 is 10.6 Å². The first-order valence-corrected chi connectivity index (χ1v) is 7.42. The Kier molecular flexibility index (Phi) is 5.28. The average molecular weight is 344 g/mol. The molecule has 0 radical (unpaired) electrons. The third-order valence-corrected chi connectivity index (χ3v) is 3.50. The number of nitro groups is 2. The molecule has 0 spiro atoms. The summed E-state index contributed by atoms with van der Waals surface area (Å²) in [5, 5.41) is 27.6. The largest absolute Gasteiger partial charge is 0.350 e. The third kappa shape index (κ3) is 4.28. The van der Waals surface area contributed by atoms with Crippen molar-refractivity contribution in [3.63, 3.8) is 0 Å². The molecule has 2 N–H and O–H groups in total. The van der Waals surface area contributed by atoms with Crippen molar-refractivity contribution in [2.24, 2.45) is 0 Å². The second-order valence-electron chi connectivity index (χ2n) is 5.27. The molecule has 0 aliphatic heterocycles. The monoisotopic (exact) mass is 344 g/mol. The van der Waals surface area contributed by atoms with Crippen molar-refractivity contribution >= 4 is 34.3 Å². The number of non-ortho nitro benzene ring substituents is 1. The van der Waals surface area contributed by atoms with E-state index in [1.807, 2.05) is 6.92 Å². The molecule has 2 aromatic rings. The first kappa shape index (κ1) is 17.9. The number of nitrogens with one attached hydrogen (secondary N) is 2. The van der Waals surface area contributed by atoms with Gasteiger partial charge in [0.25, 0.3) is 11.4 Å². The van der Waals surface area contributed by atoms with Gasteiger partial charge in [0.05, 0.1) is 15.9 Å². The zero-order chi connectivity index (χ0) is 18.6. The number of nitrogens with zero attached hydrogens (tertiary/aromatic N) is 2. The number of amides is 1. The van der Waals surface area contributed by atoms with Crippen LogP contribution >= 0.6 is 0 Å². The van der Waals surface area contributed by atoms with Crippen molar-refractivity contribution in [2.75, 3.05) is 10.6 Å². The minimum Gasteiger partial charge on any atom is -0.350 e. The Balaban J connectivity index is 2.36. The quantitative estimate of drug-likeness (QED) is 0.604. The van der Waals surface area contributed by atoms with Crippen LogP contribution < -0.4 is 10.6 Å². The second kappa shape index (κ2) is 7.39. The molecule has 25 heavy (non-hydrogen) atoms. The number of anilines is 3. The maximum Gasteiger partial charge on any atom is 0.299 e. The Bertz CT molecular complexity index is 850. The maximum absolute atomic E-state index is 11.6. The predicted octanol–water partition coefficient (Wildman–Crippen LogP) is 3.90. The van der Waals surface area contributed by atoms with E-state index in [1.54, 1.807) is 25.1 Å². The molecule has 0 aliphatic carbocycles. The second-order valence-corrected chi connectivity index (χ2v) is 5.27. The van der Waals surface area contributed by atoms with Crippen LogP contribution in [0.3, 0.4) is 0 Å². The van der Waals surface area contributed by atoms with Crippen LogP contribution in [0.4, 0.5) is 28.4 Å². The van der Waals surface area contributed by atoms with E-state index in [9.17, 15) is 25.0 Å². The van der Waals surface area contributed by atoms with E-state index in [-0.39, 0.29) is 17.3 Å². The van der Waals surface area contributed by atoms with Gasteiger partial charge in [-0.05, 0) is 30.7 Å². The highest BCUT2D eigenvalue weighted by Crippen LogP contribution is 2.32. The summed E-state index contributed by atoms with van der Waals surface area (Å²) in [7, 11) is 0. The molecule has 0 aromatic heterocycles. The minimum absolute atomic E-state index is 0.118. The molecule has 1 amide bonds. The topological polar surface area (TPSA) is 127 Å². The number of hydrogen-bond acceptors (Lipinski definition) is 6. The predicted molar refractivity (Wildman–Crippen MR) is 93.1 cm³/mol. The summed E-state index contributed by atoms with van der Waals surface area (Å²) in [6, 6.07) is 8.46. The van der Waals surface area contributed by atoms with Gasteiger partial charge in [-0.25, -0.2) is 0 Å². The first-order chi connectivity index (χ1) is 11.8. The highest BCUT2D eigenvalue weighted by Gasteiger charge is 2.19. The summed E-state index contributed by atoms with van der Waals surface area (Å²) >= 11 is 0. The molecule has 9 nitrogen and oxygen atoms in total. The highest BCUT2D eigenvalue weighted by atomic mass is 16.6. The van der Waals surface area contributed by atoms with Gasteiger partial charge >= 0.3 is 0 Å². The van der Waals surface area contributed by atoms with Gasteiger partial charge in [0.2, 0.25) is 5.91 Å². The Hall–Kier alpha value is -3.49. The molecule has 0 atom stereocenters. The van der Waals surface area contributed by atoms with Gasteiger partial charge in [0.1, 0.15) is 5.69 Å². The molecule has 0 heterocycles. The van der Waals surface area contributed by atoms with E-state index in [0.717, 1.165) is 11.6 Å². The fourth-order valence-electron chi connectivity index (χ4n) is 2.12. The number of carbonyl (C=O) groups excluding carboxylic acids is 1. The zero-order valence-corrected chi connectivity index (χ0v) is 13.6. The lowest BCUT2D eigenvalue weighted by Gasteiger charge is -2.12. The molecular weight excluding hydrogens is 328 g/mol. The molecule has 9 heteroatoms. The SMILES string of the molecule is CCC(=O)Nc1cc(Nc2ccc([N+](=O)[O-])cc2[N+](=O)[O-])ccc1C. The number of benzene rings is 2. The van der Waals surface area contributed by atoms with Crippen LogP contribution in [0.2, 0.25) is 0 Å². The van der Waals surface area contributed by atoms with Crippen LogP contribution in [0.15, 0.2) is 36.4 Å². The molecule has 2 rings (SSSR count). The van der Waals surface area contributed by atoms with Gasteiger partial charge in [-0.2, -0.15) is 0 Å². The minimum atomic E-state index is -0.693. The molecule has 0 saturated carbocycles. The van der Waals surface area contributed by atoms with Gasteiger partial charge in [-0.15, -0.1) is 0 Å². The van der Waals surface area contributed by atoms with Crippen molar-refractivity contribution in [1.82, 2.24) is 0 Å². The van der Waals surface area contributed by atoms with E-state index in [2.05, 4.69) is 10.6 Å². The molecule has 130 valence electrons. The summed E-state index contributed by atoms with van der Waals surface area (Å²) < 4.78 is 0. The summed E-state index contributed by atoms with van der Waals surface area (Å²) in [6.07, 6.45) is 0.324. The van der Waals surface area contributed by atoms with Gasteiger partial charge in [0.15, 0.2) is 0 Å². The van der Waals surface area contributed by atoms with E-state index in [1.165, 1.54) is 12.1 Å². The van der Waals surface area contributed by atoms with Crippen molar-refractivity contribution in [3.8, 4) is 0 Å². The lowest BCUT2D eigenvalue weighted by Crippen LogP contribution is -2.10. The van der Waals surface area contributed by atoms with Crippen molar-refractivity contribution in [2.45, 2.75) is 20.3 Å². The number of nitro benzene ring substituents is 2. The summed E-state index contributed by atoms with van der Waals surface area (Å²) in [5.74, 6) is -0.151. The van der Waals surface area contributed by atoms with Gasteiger partial charge in [-0.1, -0.05) is 13.0 Å². The number of hydrogen-bond donors (Lipinski definition) is 2. The van der Waals surface area contributed by atoms with Crippen LogP contribution in [0, 0.1) is 27.2 Å². The third-order valence-electron chi connectivity index (χ3n) is 3.50. The van der Waals surface area contributed by atoms with Crippen molar-refractivity contribution < 1.29 is 14.6 Å². The fourth-order valence-corrected chi connectivity index (χ4v) is 2.12. The Morgan fingerprint density at radius 3 is 2.36 bits per heavy atom. The van der Waals surface area contributed by atoms with Crippen LogP contribution in [0.1, 0.15) is 18.9 Å². The molecular formula is C16H16N4O5. The van der Waals surface area contributed by atoms with Crippen LogP contribution in [-0.4, -0.2) is 15.8 Å².